The van der Waals surface area contributed by atoms with Crippen LogP contribution < -0.4 is 0 Å². The summed E-state index contributed by atoms with van der Waals surface area (Å²) >= 11 is 0. The van der Waals surface area contributed by atoms with Crippen LogP contribution >= 0.6 is 0 Å². The van der Waals surface area contributed by atoms with Crippen LogP contribution in [0.2, 0.25) is 0 Å². The van der Waals surface area contributed by atoms with Crippen molar-refractivity contribution in [1.82, 2.24) is 0 Å². The van der Waals surface area contributed by atoms with E-state index in [2.05, 4.69) is 0 Å². The quantitative estimate of drug-likeness (QED) is 0.586. The summed E-state index contributed by atoms with van der Waals surface area (Å²) in [5.74, 6) is -0.0954. The van der Waals surface area contributed by atoms with Crippen LogP contribution in [0.15, 0.2) is 36.4 Å². The zero-order valence-electron chi connectivity index (χ0n) is 12.6. The SMILES string of the molecule is C/C=C/CCc1ccccc1F.CC.CC.CF. The fourth-order valence-corrected chi connectivity index (χ4v) is 1.11. The highest BCUT2D eigenvalue weighted by Gasteiger charge is 1.97. The van der Waals surface area contributed by atoms with E-state index in [1.807, 2.05) is 58.9 Å². The van der Waals surface area contributed by atoms with E-state index in [1.165, 1.54) is 6.07 Å². The smallest absolute Gasteiger partial charge is 0.126 e. The number of allylic oxidation sites excluding steroid dienone is 2. The number of rotatable bonds is 3. The molecule has 1 aromatic carbocycles. The van der Waals surface area contributed by atoms with Gasteiger partial charge >= 0.3 is 0 Å². The molecule has 18 heavy (non-hydrogen) atoms. The molecule has 0 aromatic heterocycles. The van der Waals surface area contributed by atoms with Crippen molar-refractivity contribution in [3.8, 4) is 0 Å². The van der Waals surface area contributed by atoms with Crippen molar-refractivity contribution in [2.75, 3.05) is 7.18 Å². The molecule has 106 valence electrons. The predicted octanol–water partition coefficient (Wildman–Crippen LogP) is 5.97. The number of halogens is 2. The average molecular weight is 258 g/mol. The molecule has 0 spiro atoms. The number of hydrogen-bond acceptors (Lipinski definition) is 0. The summed E-state index contributed by atoms with van der Waals surface area (Å²) < 4.78 is 22.5. The Morgan fingerprint density at radius 3 is 1.94 bits per heavy atom. The molecular formula is C16H28F2. The van der Waals surface area contributed by atoms with Crippen LogP contribution in [0.25, 0.3) is 0 Å². The summed E-state index contributed by atoms with van der Waals surface area (Å²) in [6.07, 6.45) is 5.74. The molecule has 0 saturated heterocycles. The van der Waals surface area contributed by atoms with Crippen LogP contribution in [0.4, 0.5) is 8.78 Å². The first-order valence-electron chi connectivity index (χ1n) is 6.57. The topological polar surface area (TPSA) is 0 Å². The van der Waals surface area contributed by atoms with Gasteiger partial charge < -0.3 is 0 Å². The van der Waals surface area contributed by atoms with Gasteiger partial charge in [0.15, 0.2) is 0 Å². The van der Waals surface area contributed by atoms with E-state index in [-0.39, 0.29) is 5.82 Å². The van der Waals surface area contributed by atoms with Gasteiger partial charge in [-0.1, -0.05) is 58.0 Å². The van der Waals surface area contributed by atoms with E-state index in [9.17, 15) is 8.78 Å². The molecule has 1 aromatic rings. The van der Waals surface area contributed by atoms with Crippen molar-refractivity contribution in [2.24, 2.45) is 0 Å². The molecule has 0 amide bonds. The number of hydrogen-bond donors (Lipinski definition) is 0. The molecule has 0 saturated carbocycles. The number of benzene rings is 1. The van der Waals surface area contributed by atoms with Gasteiger partial charge in [-0.05, 0) is 31.4 Å². The molecule has 0 fully saturated rings. The highest BCUT2D eigenvalue weighted by Crippen LogP contribution is 2.08. The van der Waals surface area contributed by atoms with Crippen molar-refractivity contribution in [3.63, 3.8) is 0 Å². The third-order valence-corrected chi connectivity index (χ3v) is 1.77. The van der Waals surface area contributed by atoms with Crippen LogP contribution in [0.1, 0.15) is 46.6 Å². The van der Waals surface area contributed by atoms with Crippen LogP contribution in [-0.4, -0.2) is 7.18 Å². The van der Waals surface area contributed by atoms with Crippen LogP contribution in [0.5, 0.6) is 0 Å². The Bertz CT molecular complexity index is 268. The van der Waals surface area contributed by atoms with Gasteiger partial charge in [0.25, 0.3) is 0 Å². The number of aryl methyl sites for hydroxylation is 1. The molecule has 0 aliphatic rings. The molecule has 0 aliphatic carbocycles. The Labute approximate surface area is 112 Å². The van der Waals surface area contributed by atoms with E-state index < -0.39 is 0 Å². The highest BCUT2D eigenvalue weighted by atomic mass is 19.1. The van der Waals surface area contributed by atoms with E-state index in [1.54, 1.807) is 6.07 Å². The maximum absolute atomic E-state index is 13.0. The fraction of sp³-hybridized carbons (Fsp3) is 0.500. The second-order valence-electron chi connectivity index (χ2n) is 2.70. The van der Waals surface area contributed by atoms with Gasteiger partial charge in [0.1, 0.15) is 5.82 Å². The normalized spacial score (nSPS) is 8.22. The lowest BCUT2D eigenvalue weighted by atomic mass is 10.1. The Morgan fingerprint density at radius 1 is 1.00 bits per heavy atom. The van der Waals surface area contributed by atoms with Crippen molar-refractivity contribution in [2.45, 2.75) is 47.5 Å². The molecule has 0 atom stereocenters. The molecule has 1 rings (SSSR count). The summed E-state index contributed by atoms with van der Waals surface area (Å²) in [7, 11) is 0.500. The molecule has 0 bridgehead atoms. The summed E-state index contributed by atoms with van der Waals surface area (Å²) in [5.41, 5.74) is 0.801. The van der Waals surface area contributed by atoms with Gasteiger partial charge in [0.2, 0.25) is 0 Å². The molecule has 0 radical (unpaired) electrons. The van der Waals surface area contributed by atoms with Crippen molar-refractivity contribution < 1.29 is 8.78 Å². The Balaban J connectivity index is -0.000000328. The summed E-state index contributed by atoms with van der Waals surface area (Å²) in [6, 6.07) is 6.92. The lowest BCUT2D eigenvalue weighted by Crippen LogP contribution is -1.87. The maximum Gasteiger partial charge on any atom is 0.126 e. The first-order valence-corrected chi connectivity index (χ1v) is 6.57. The number of alkyl halides is 1. The zero-order valence-corrected chi connectivity index (χ0v) is 12.6. The minimum absolute atomic E-state index is 0.0954. The first-order chi connectivity index (χ1) is 8.84. The molecule has 0 heterocycles. The van der Waals surface area contributed by atoms with Gasteiger partial charge in [-0.25, -0.2) is 4.39 Å². The predicted molar refractivity (Wildman–Crippen MR) is 79.3 cm³/mol. The summed E-state index contributed by atoms with van der Waals surface area (Å²) in [4.78, 5) is 0. The second-order valence-corrected chi connectivity index (χ2v) is 2.70. The van der Waals surface area contributed by atoms with Crippen molar-refractivity contribution in [1.29, 1.82) is 0 Å². The summed E-state index contributed by atoms with van der Waals surface area (Å²) in [5, 5.41) is 0. The van der Waals surface area contributed by atoms with Gasteiger partial charge in [-0.2, -0.15) is 0 Å². The largest absolute Gasteiger partial charge is 0.255 e. The van der Waals surface area contributed by atoms with E-state index in [0.717, 1.165) is 18.4 Å². The van der Waals surface area contributed by atoms with Gasteiger partial charge in [0, 0.05) is 0 Å². The van der Waals surface area contributed by atoms with Crippen LogP contribution in [0, 0.1) is 5.82 Å². The summed E-state index contributed by atoms with van der Waals surface area (Å²) in [6.45, 7) is 9.97. The molecule has 0 unspecified atom stereocenters. The monoisotopic (exact) mass is 258 g/mol. The highest BCUT2D eigenvalue weighted by molar-refractivity contribution is 5.17. The lowest BCUT2D eigenvalue weighted by Gasteiger charge is -1.98. The van der Waals surface area contributed by atoms with Crippen LogP contribution in [0.3, 0.4) is 0 Å². The molecule has 0 aliphatic heterocycles. The van der Waals surface area contributed by atoms with Gasteiger partial charge in [-0.3, -0.25) is 4.39 Å². The second kappa shape index (κ2) is 21.1. The van der Waals surface area contributed by atoms with Crippen molar-refractivity contribution in [3.05, 3.63) is 47.8 Å². The van der Waals surface area contributed by atoms with E-state index in [0.29, 0.717) is 7.18 Å². The Morgan fingerprint density at radius 2 is 1.50 bits per heavy atom. The lowest BCUT2D eigenvalue weighted by molar-refractivity contribution is 0.609. The minimum atomic E-state index is -0.0954. The Hall–Kier alpha value is -1.18. The zero-order chi connectivity index (χ0) is 14.8. The third-order valence-electron chi connectivity index (χ3n) is 1.77. The molecule has 0 nitrogen and oxygen atoms in total. The van der Waals surface area contributed by atoms with Gasteiger partial charge in [-0.15, -0.1) is 0 Å². The maximum atomic E-state index is 13.0. The molecular weight excluding hydrogens is 230 g/mol. The van der Waals surface area contributed by atoms with Crippen LogP contribution in [-0.2, 0) is 6.42 Å². The Kier molecular flexibility index (Phi) is 25.9. The fourth-order valence-electron chi connectivity index (χ4n) is 1.11. The van der Waals surface area contributed by atoms with Gasteiger partial charge in [0.05, 0.1) is 7.18 Å². The average Bonchev–Trinajstić information content (AvgIpc) is 2.48. The molecule has 2 heteroatoms. The van der Waals surface area contributed by atoms with Crippen molar-refractivity contribution >= 4 is 0 Å². The molecule has 0 N–H and O–H groups in total. The standard InChI is InChI=1S/C11H13F.2C2H6.CH3F/c1-2-3-4-7-10-8-5-6-9-11(10)12;3*1-2/h2-3,5-6,8-9H,4,7H2,1H3;2*1-2H3;1H3/b3-2+;;;. The van der Waals surface area contributed by atoms with E-state index >= 15 is 0 Å². The first kappa shape index (κ1) is 22.0. The third kappa shape index (κ3) is 12.9. The van der Waals surface area contributed by atoms with E-state index in [4.69, 9.17) is 0 Å². The minimum Gasteiger partial charge on any atom is -0.255 e.